The summed E-state index contributed by atoms with van der Waals surface area (Å²) in [7, 11) is 0. The van der Waals surface area contributed by atoms with Crippen LogP contribution >= 0.6 is 0 Å². The number of para-hydroxylation sites is 2. The van der Waals surface area contributed by atoms with Crippen molar-refractivity contribution >= 4 is 43.4 Å². The fourth-order valence-electron chi connectivity index (χ4n) is 8.35. The van der Waals surface area contributed by atoms with Crippen LogP contribution in [0.3, 0.4) is 0 Å². The minimum Gasteiger partial charge on any atom is -0.308 e. The number of hydrogen-bond acceptors (Lipinski definition) is 3. The molecule has 57 heavy (non-hydrogen) atoms. The van der Waals surface area contributed by atoms with Gasteiger partial charge in [0.05, 0.1) is 16.7 Å². The largest absolute Gasteiger partial charge is 0.308 e. The van der Waals surface area contributed by atoms with E-state index in [1.54, 1.807) is 0 Å². The number of fused-ring (bicyclic) bond motifs is 5. The molecule has 4 heteroatoms. The van der Waals surface area contributed by atoms with Crippen molar-refractivity contribution in [2.75, 3.05) is 0 Å². The Hall–Kier alpha value is -7.69. The maximum absolute atomic E-state index is 5.41. The van der Waals surface area contributed by atoms with Gasteiger partial charge in [-0.25, -0.2) is 15.0 Å². The zero-order chi connectivity index (χ0) is 37.7. The number of nitrogens with zero attached hydrogens (tertiary/aromatic N) is 4. The first-order valence-electron chi connectivity index (χ1n) is 19.3. The molecule has 0 radical (unpaired) electrons. The van der Waals surface area contributed by atoms with Gasteiger partial charge in [0.1, 0.15) is 0 Å². The van der Waals surface area contributed by atoms with E-state index in [0.29, 0.717) is 17.5 Å². The summed E-state index contributed by atoms with van der Waals surface area (Å²) < 4.78 is 2.37. The Kier molecular flexibility index (Phi) is 7.78. The van der Waals surface area contributed by atoms with Crippen molar-refractivity contribution in [1.82, 2.24) is 19.5 Å². The zero-order valence-corrected chi connectivity index (χ0v) is 30.9. The second-order valence-corrected chi connectivity index (χ2v) is 14.4. The smallest absolute Gasteiger partial charge is 0.166 e. The molecule has 0 saturated carbocycles. The van der Waals surface area contributed by atoms with Gasteiger partial charge in [0.15, 0.2) is 17.5 Å². The van der Waals surface area contributed by atoms with Gasteiger partial charge < -0.3 is 4.57 Å². The molecule has 0 spiro atoms. The molecule has 0 atom stereocenters. The van der Waals surface area contributed by atoms with E-state index in [1.165, 1.54) is 27.3 Å². The average molecular weight is 727 g/mol. The van der Waals surface area contributed by atoms with E-state index >= 15 is 0 Å². The lowest BCUT2D eigenvalue weighted by Gasteiger charge is -2.17. The Morgan fingerprint density at radius 2 is 0.807 bits per heavy atom. The Morgan fingerprint density at radius 1 is 0.281 bits per heavy atom. The van der Waals surface area contributed by atoms with Crippen molar-refractivity contribution in [3.8, 4) is 62.1 Å². The maximum Gasteiger partial charge on any atom is 0.166 e. The molecule has 0 saturated heterocycles. The summed E-state index contributed by atoms with van der Waals surface area (Å²) in [4.78, 5) is 16.0. The van der Waals surface area contributed by atoms with Crippen LogP contribution in [0.5, 0.6) is 0 Å². The van der Waals surface area contributed by atoms with E-state index in [1.807, 2.05) is 0 Å². The van der Waals surface area contributed by atoms with Gasteiger partial charge in [0.2, 0.25) is 0 Å². The van der Waals surface area contributed by atoms with Gasteiger partial charge in [0.25, 0.3) is 0 Å². The summed E-state index contributed by atoms with van der Waals surface area (Å²) in [5.41, 5.74) is 10.6. The van der Waals surface area contributed by atoms with Gasteiger partial charge in [0, 0.05) is 27.5 Å². The van der Waals surface area contributed by atoms with Crippen LogP contribution in [0.25, 0.3) is 105 Å². The molecule has 0 N–H and O–H groups in total. The molecule has 0 aliphatic carbocycles. The second kappa shape index (κ2) is 13.6. The van der Waals surface area contributed by atoms with Gasteiger partial charge >= 0.3 is 0 Å². The van der Waals surface area contributed by atoms with Crippen LogP contribution in [-0.2, 0) is 0 Å². The molecule has 11 rings (SSSR count). The third-order valence-electron chi connectivity index (χ3n) is 11.1. The van der Waals surface area contributed by atoms with Gasteiger partial charge in [-0.05, 0) is 74.1 Å². The number of rotatable bonds is 6. The third-order valence-corrected chi connectivity index (χ3v) is 11.1. The fourth-order valence-corrected chi connectivity index (χ4v) is 8.35. The highest BCUT2D eigenvalue weighted by Crippen LogP contribution is 2.40. The summed E-state index contributed by atoms with van der Waals surface area (Å²) in [6.07, 6.45) is 0. The Morgan fingerprint density at radius 3 is 1.53 bits per heavy atom. The van der Waals surface area contributed by atoms with Crippen LogP contribution in [0.2, 0.25) is 0 Å². The summed E-state index contributed by atoms with van der Waals surface area (Å²) in [5.74, 6) is 1.85. The Bertz CT molecular complexity index is 3240. The molecule has 2 aromatic heterocycles. The van der Waals surface area contributed by atoms with E-state index in [4.69, 9.17) is 15.0 Å². The lowest BCUT2D eigenvalue weighted by atomic mass is 9.95. The molecule has 0 amide bonds. The molecular formula is C53H34N4. The second-order valence-electron chi connectivity index (χ2n) is 14.4. The van der Waals surface area contributed by atoms with Crippen molar-refractivity contribution in [1.29, 1.82) is 0 Å². The molecule has 0 aliphatic heterocycles. The lowest BCUT2D eigenvalue weighted by Crippen LogP contribution is -2.04. The first-order valence-corrected chi connectivity index (χ1v) is 19.3. The van der Waals surface area contributed by atoms with Gasteiger partial charge in [-0.2, -0.15) is 0 Å². The molecule has 0 unspecified atom stereocenters. The van der Waals surface area contributed by atoms with Crippen molar-refractivity contribution < 1.29 is 0 Å². The van der Waals surface area contributed by atoms with Crippen molar-refractivity contribution in [3.05, 3.63) is 206 Å². The van der Waals surface area contributed by atoms with E-state index in [2.05, 4.69) is 211 Å². The average Bonchev–Trinajstić information content (AvgIpc) is 3.63. The zero-order valence-electron chi connectivity index (χ0n) is 30.9. The molecule has 0 fully saturated rings. The van der Waals surface area contributed by atoms with Gasteiger partial charge in [-0.1, -0.05) is 176 Å². The van der Waals surface area contributed by atoms with Crippen LogP contribution in [0, 0.1) is 0 Å². The number of benzene rings is 9. The van der Waals surface area contributed by atoms with Crippen LogP contribution < -0.4 is 0 Å². The highest BCUT2D eigenvalue weighted by atomic mass is 15.1. The topological polar surface area (TPSA) is 43.6 Å². The Labute approximate surface area is 330 Å². The predicted octanol–water partition coefficient (Wildman–Crippen LogP) is 13.6. The number of hydrogen-bond donors (Lipinski definition) is 0. The minimum absolute atomic E-state index is 0.607. The van der Waals surface area contributed by atoms with Gasteiger partial charge in [-0.3, -0.25) is 0 Å². The van der Waals surface area contributed by atoms with Gasteiger partial charge in [-0.15, -0.1) is 0 Å². The first kappa shape index (κ1) is 32.7. The van der Waals surface area contributed by atoms with Crippen molar-refractivity contribution in [3.63, 3.8) is 0 Å². The highest BCUT2D eigenvalue weighted by molar-refractivity contribution is 6.10. The standard InChI is InChI=1S/C53H34N4/c1-3-15-35(16-4-1)39-31-32-47(50(34-39)57-48-27-11-9-21-44(48)45-22-10-12-28-49(45)57)53-55-51(40-30-29-36-17-7-8-20-38(36)33-40)54-52(56-53)46-26-14-24-42-41(23-13-25-43(42)46)37-18-5-2-6-19-37/h1-34H. The first-order chi connectivity index (χ1) is 28.3. The molecule has 9 aromatic carbocycles. The molecule has 266 valence electrons. The molecule has 2 heterocycles. The normalized spacial score (nSPS) is 11.5. The Balaban J connectivity index is 1.21. The van der Waals surface area contributed by atoms with E-state index in [0.717, 1.165) is 60.7 Å². The van der Waals surface area contributed by atoms with Crippen LogP contribution in [0.4, 0.5) is 0 Å². The lowest BCUT2D eigenvalue weighted by molar-refractivity contribution is 1.07. The van der Waals surface area contributed by atoms with Crippen LogP contribution in [-0.4, -0.2) is 19.5 Å². The fraction of sp³-hybridized carbons (Fsp3) is 0. The van der Waals surface area contributed by atoms with E-state index in [-0.39, 0.29) is 0 Å². The van der Waals surface area contributed by atoms with Crippen molar-refractivity contribution in [2.24, 2.45) is 0 Å². The monoisotopic (exact) mass is 726 g/mol. The van der Waals surface area contributed by atoms with Crippen molar-refractivity contribution in [2.45, 2.75) is 0 Å². The molecule has 0 bridgehead atoms. The molecule has 4 nitrogen and oxygen atoms in total. The quantitative estimate of drug-likeness (QED) is 0.171. The van der Waals surface area contributed by atoms with E-state index in [9.17, 15) is 0 Å². The SMILES string of the molecule is c1ccc(-c2ccc(-c3nc(-c4ccc5ccccc5c4)nc(-c4cccc5c(-c6ccccc6)cccc45)n3)c(-n3c4ccccc4c4ccccc43)c2)cc1. The minimum atomic E-state index is 0.607. The molecule has 0 aliphatic rings. The maximum atomic E-state index is 5.41. The van der Waals surface area contributed by atoms with Crippen LogP contribution in [0.15, 0.2) is 206 Å². The highest BCUT2D eigenvalue weighted by Gasteiger charge is 2.21. The summed E-state index contributed by atoms with van der Waals surface area (Å²) >= 11 is 0. The van der Waals surface area contributed by atoms with Crippen LogP contribution in [0.1, 0.15) is 0 Å². The summed E-state index contributed by atoms with van der Waals surface area (Å²) in [6, 6.07) is 72.8. The summed E-state index contributed by atoms with van der Waals surface area (Å²) in [6.45, 7) is 0. The number of aromatic nitrogens is 4. The summed E-state index contributed by atoms with van der Waals surface area (Å²) in [5, 5.41) is 6.93. The van der Waals surface area contributed by atoms with E-state index < -0.39 is 0 Å². The predicted molar refractivity (Wildman–Crippen MR) is 236 cm³/mol. The molecular weight excluding hydrogens is 693 g/mol. The third kappa shape index (κ3) is 5.66. The molecule has 11 aromatic rings.